The van der Waals surface area contributed by atoms with E-state index in [1.54, 1.807) is 13.0 Å². The van der Waals surface area contributed by atoms with E-state index in [4.69, 9.17) is 14.2 Å². The van der Waals surface area contributed by atoms with Crippen molar-refractivity contribution in [3.63, 3.8) is 0 Å². The third-order valence-electron chi connectivity index (χ3n) is 3.47. The highest BCUT2D eigenvalue weighted by molar-refractivity contribution is 9.10. The van der Waals surface area contributed by atoms with E-state index in [9.17, 15) is 9.18 Å². The van der Waals surface area contributed by atoms with Crippen LogP contribution in [0.5, 0.6) is 17.2 Å². The predicted molar refractivity (Wildman–Crippen MR) is 88.6 cm³/mol. The fraction of sp³-hybridized carbons (Fsp3) is 0.235. The lowest BCUT2D eigenvalue weighted by Gasteiger charge is -2.16. The van der Waals surface area contributed by atoms with Gasteiger partial charge in [0.05, 0.1) is 4.47 Å². The third-order valence-corrected chi connectivity index (χ3v) is 4.09. The van der Waals surface area contributed by atoms with Gasteiger partial charge in [-0.2, -0.15) is 0 Å². The molecule has 0 saturated heterocycles. The maximum Gasteiger partial charge on any atom is 0.261 e. The minimum atomic E-state index is -0.722. The molecule has 0 saturated carbocycles. The fourth-order valence-electron chi connectivity index (χ4n) is 2.20. The molecule has 0 aliphatic carbocycles. The quantitative estimate of drug-likeness (QED) is 0.842. The van der Waals surface area contributed by atoms with Gasteiger partial charge in [0.15, 0.2) is 17.6 Å². The van der Waals surface area contributed by atoms with Crippen LogP contribution in [0, 0.1) is 5.82 Å². The van der Waals surface area contributed by atoms with E-state index < -0.39 is 6.10 Å². The Bertz CT molecular complexity index is 768. The van der Waals surface area contributed by atoms with Gasteiger partial charge < -0.3 is 19.5 Å². The van der Waals surface area contributed by atoms with Crippen molar-refractivity contribution in [2.75, 3.05) is 6.79 Å². The van der Waals surface area contributed by atoms with Gasteiger partial charge in [0, 0.05) is 6.54 Å². The van der Waals surface area contributed by atoms with Crippen LogP contribution in [-0.2, 0) is 11.3 Å². The first-order chi connectivity index (χ1) is 11.5. The number of amides is 1. The van der Waals surface area contributed by atoms with Gasteiger partial charge in [0.2, 0.25) is 6.79 Å². The number of hydrogen-bond donors (Lipinski definition) is 1. The van der Waals surface area contributed by atoms with Crippen LogP contribution in [0.3, 0.4) is 0 Å². The average Bonchev–Trinajstić information content (AvgIpc) is 3.02. The summed E-state index contributed by atoms with van der Waals surface area (Å²) in [6.45, 7) is 2.18. The van der Waals surface area contributed by atoms with Crippen LogP contribution >= 0.6 is 15.9 Å². The number of fused-ring (bicyclic) bond motifs is 1. The number of carbonyl (C=O) groups excluding carboxylic acids is 1. The molecule has 0 aromatic heterocycles. The summed E-state index contributed by atoms with van der Waals surface area (Å²) in [6.07, 6.45) is -0.722. The van der Waals surface area contributed by atoms with Crippen molar-refractivity contribution < 1.29 is 23.4 Å². The van der Waals surface area contributed by atoms with Crippen molar-refractivity contribution in [1.29, 1.82) is 0 Å². The number of rotatable bonds is 5. The van der Waals surface area contributed by atoms with Gasteiger partial charge in [-0.3, -0.25) is 4.79 Å². The summed E-state index contributed by atoms with van der Waals surface area (Å²) in [6, 6.07) is 9.52. The Balaban J connectivity index is 1.56. The maximum atomic E-state index is 13.1. The fourth-order valence-corrected chi connectivity index (χ4v) is 2.64. The van der Waals surface area contributed by atoms with Gasteiger partial charge in [-0.15, -0.1) is 0 Å². The number of halogens is 2. The molecular formula is C17H15BrFNO4. The second-order valence-electron chi connectivity index (χ2n) is 5.24. The Kier molecular flexibility index (Phi) is 4.89. The first-order valence-electron chi connectivity index (χ1n) is 7.31. The maximum absolute atomic E-state index is 13.1. The number of benzene rings is 2. The normalized spacial score (nSPS) is 13.5. The third kappa shape index (κ3) is 3.79. The van der Waals surface area contributed by atoms with Gasteiger partial charge in [-0.25, -0.2) is 4.39 Å². The topological polar surface area (TPSA) is 56.8 Å². The highest BCUT2D eigenvalue weighted by Gasteiger charge is 2.17. The molecule has 126 valence electrons. The Morgan fingerprint density at radius 2 is 2.08 bits per heavy atom. The molecule has 24 heavy (non-hydrogen) atoms. The minimum absolute atomic E-state index is 0.211. The number of hydrogen-bond acceptors (Lipinski definition) is 4. The molecule has 1 aliphatic rings. The second kappa shape index (κ2) is 7.09. The lowest BCUT2D eigenvalue weighted by Crippen LogP contribution is -2.35. The summed E-state index contributed by atoms with van der Waals surface area (Å²) >= 11 is 3.21. The first kappa shape index (κ1) is 16.6. The van der Waals surface area contributed by atoms with Gasteiger partial charge in [0.25, 0.3) is 5.91 Å². The van der Waals surface area contributed by atoms with Crippen molar-refractivity contribution >= 4 is 21.8 Å². The van der Waals surface area contributed by atoms with E-state index in [2.05, 4.69) is 21.2 Å². The molecule has 0 radical (unpaired) electrons. The van der Waals surface area contributed by atoms with Crippen LogP contribution in [0.1, 0.15) is 12.5 Å². The largest absolute Gasteiger partial charge is 0.480 e. The average molecular weight is 396 g/mol. The second-order valence-corrected chi connectivity index (χ2v) is 6.09. The zero-order valence-corrected chi connectivity index (χ0v) is 14.4. The molecule has 1 heterocycles. The van der Waals surface area contributed by atoms with Gasteiger partial charge in [-0.1, -0.05) is 6.07 Å². The molecule has 1 amide bonds. The molecule has 3 rings (SSSR count). The van der Waals surface area contributed by atoms with Crippen LogP contribution < -0.4 is 19.5 Å². The van der Waals surface area contributed by atoms with Crippen molar-refractivity contribution in [1.82, 2.24) is 5.32 Å². The molecule has 0 bridgehead atoms. The number of nitrogens with one attached hydrogen (secondary N) is 1. The van der Waals surface area contributed by atoms with E-state index in [0.29, 0.717) is 28.3 Å². The molecular weight excluding hydrogens is 381 g/mol. The zero-order chi connectivity index (χ0) is 17.1. The Hall–Kier alpha value is -2.28. The highest BCUT2D eigenvalue weighted by atomic mass is 79.9. The summed E-state index contributed by atoms with van der Waals surface area (Å²) < 4.78 is 29.6. The lowest BCUT2D eigenvalue weighted by molar-refractivity contribution is -0.127. The van der Waals surface area contributed by atoms with Gasteiger partial charge >= 0.3 is 0 Å². The summed E-state index contributed by atoms with van der Waals surface area (Å²) in [5.74, 6) is 1.12. The standard InChI is InChI=1S/C17H15BrFNO4/c1-10(24-14-5-3-12(19)7-13(14)18)17(21)20-8-11-2-4-15-16(6-11)23-9-22-15/h2-7,10H,8-9H2,1H3,(H,20,21). The molecule has 0 spiro atoms. The predicted octanol–water partition coefficient (Wildman–Crippen LogP) is 3.40. The zero-order valence-electron chi connectivity index (χ0n) is 12.8. The van der Waals surface area contributed by atoms with Crippen LogP contribution in [-0.4, -0.2) is 18.8 Å². The number of carbonyl (C=O) groups is 1. The molecule has 1 atom stereocenters. The van der Waals surface area contributed by atoms with E-state index in [1.807, 2.05) is 12.1 Å². The Labute approximate surface area is 146 Å². The smallest absolute Gasteiger partial charge is 0.261 e. The molecule has 1 N–H and O–H groups in total. The molecule has 7 heteroatoms. The van der Waals surface area contributed by atoms with Crippen LogP contribution in [0.4, 0.5) is 4.39 Å². The summed E-state index contributed by atoms with van der Waals surface area (Å²) in [5, 5.41) is 2.79. The SMILES string of the molecule is CC(Oc1ccc(F)cc1Br)C(=O)NCc1ccc2c(c1)OCO2. The van der Waals surface area contributed by atoms with E-state index in [-0.39, 0.29) is 18.5 Å². The summed E-state index contributed by atoms with van der Waals surface area (Å²) in [5.41, 5.74) is 0.891. The van der Waals surface area contributed by atoms with Crippen molar-refractivity contribution in [2.24, 2.45) is 0 Å². The molecule has 2 aromatic carbocycles. The molecule has 5 nitrogen and oxygen atoms in total. The highest BCUT2D eigenvalue weighted by Crippen LogP contribution is 2.32. The van der Waals surface area contributed by atoms with Crippen LogP contribution in [0.2, 0.25) is 0 Å². The molecule has 2 aromatic rings. The Morgan fingerprint density at radius 1 is 1.29 bits per heavy atom. The van der Waals surface area contributed by atoms with E-state index >= 15 is 0 Å². The van der Waals surface area contributed by atoms with E-state index in [1.165, 1.54) is 18.2 Å². The summed E-state index contributed by atoms with van der Waals surface area (Å²) in [4.78, 5) is 12.2. The minimum Gasteiger partial charge on any atom is -0.480 e. The van der Waals surface area contributed by atoms with Crippen molar-refractivity contribution in [3.8, 4) is 17.2 Å². The lowest BCUT2D eigenvalue weighted by atomic mass is 10.2. The summed E-state index contributed by atoms with van der Waals surface area (Å²) in [7, 11) is 0. The Morgan fingerprint density at radius 3 is 2.88 bits per heavy atom. The monoisotopic (exact) mass is 395 g/mol. The van der Waals surface area contributed by atoms with Crippen LogP contribution in [0.25, 0.3) is 0 Å². The van der Waals surface area contributed by atoms with Crippen molar-refractivity contribution in [2.45, 2.75) is 19.6 Å². The van der Waals surface area contributed by atoms with Gasteiger partial charge in [-0.05, 0) is 58.7 Å². The number of ether oxygens (including phenoxy) is 3. The van der Waals surface area contributed by atoms with E-state index in [0.717, 1.165) is 5.56 Å². The van der Waals surface area contributed by atoms with Gasteiger partial charge in [0.1, 0.15) is 11.6 Å². The van der Waals surface area contributed by atoms with Crippen molar-refractivity contribution in [3.05, 3.63) is 52.3 Å². The molecule has 0 fully saturated rings. The first-order valence-corrected chi connectivity index (χ1v) is 8.10. The molecule has 1 aliphatic heterocycles. The van der Waals surface area contributed by atoms with Crippen LogP contribution in [0.15, 0.2) is 40.9 Å². The molecule has 1 unspecified atom stereocenters.